The van der Waals surface area contributed by atoms with Crippen LogP contribution in [0, 0.1) is 0 Å². The van der Waals surface area contributed by atoms with Gasteiger partial charge in [0.1, 0.15) is 11.5 Å². The summed E-state index contributed by atoms with van der Waals surface area (Å²) < 4.78 is 10.2. The zero-order chi connectivity index (χ0) is 20.7. The summed E-state index contributed by atoms with van der Waals surface area (Å²) in [6.45, 7) is 0.153. The number of aromatic hydroxyl groups is 2. The smallest absolute Gasteiger partial charge is 0.198 e. The highest BCUT2D eigenvalue weighted by atomic mass is 16.5. The second-order valence-corrected chi connectivity index (χ2v) is 6.15. The van der Waals surface area contributed by atoms with Gasteiger partial charge in [0.05, 0.1) is 30.9 Å². The standard InChI is InChI=1S/C19H19NO8/c1-20-6-9-10(27-2)4-8-13(16(9)22)18(24)12-7(15(8)21)5-11(28-3)17(23)14(12)19(25)26/h4-5,19-20,22-23,25-26H,6H2,1-3H3. The molecule has 0 aliphatic heterocycles. The van der Waals surface area contributed by atoms with E-state index in [0.717, 1.165) is 6.07 Å². The molecule has 0 fully saturated rings. The van der Waals surface area contributed by atoms with Crippen molar-refractivity contribution < 1.29 is 39.5 Å². The molecule has 5 N–H and O–H groups in total. The molecular weight excluding hydrogens is 370 g/mol. The highest BCUT2D eigenvalue weighted by Crippen LogP contribution is 2.45. The van der Waals surface area contributed by atoms with Crippen LogP contribution >= 0.6 is 0 Å². The van der Waals surface area contributed by atoms with E-state index >= 15 is 0 Å². The van der Waals surface area contributed by atoms with Gasteiger partial charge in [0.2, 0.25) is 0 Å². The number of rotatable bonds is 5. The zero-order valence-electron chi connectivity index (χ0n) is 15.4. The van der Waals surface area contributed by atoms with Crippen LogP contribution in [0.25, 0.3) is 0 Å². The van der Waals surface area contributed by atoms with Gasteiger partial charge in [-0.1, -0.05) is 0 Å². The number of methoxy groups -OCH3 is 2. The molecule has 0 amide bonds. The third-order valence-electron chi connectivity index (χ3n) is 4.66. The minimum Gasteiger partial charge on any atom is -0.507 e. The number of hydrogen-bond donors (Lipinski definition) is 5. The van der Waals surface area contributed by atoms with Crippen LogP contribution in [0.1, 0.15) is 49.3 Å². The third-order valence-corrected chi connectivity index (χ3v) is 4.66. The van der Waals surface area contributed by atoms with Gasteiger partial charge >= 0.3 is 0 Å². The third kappa shape index (κ3) is 2.68. The predicted molar refractivity (Wildman–Crippen MR) is 96.1 cm³/mol. The largest absolute Gasteiger partial charge is 0.507 e. The first-order valence-electron chi connectivity index (χ1n) is 8.25. The molecule has 9 heteroatoms. The van der Waals surface area contributed by atoms with Gasteiger partial charge in [-0.05, 0) is 19.2 Å². The van der Waals surface area contributed by atoms with E-state index < -0.39 is 40.5 Å². The Balaban J connectivity index is 2.39. The van der Waals surface area contributed by atoms with Crippen molar-refractivity contribution in [2.24, 2.45) is 0 Å². The van der Waals surface area contributed by atoms with Crippen LogP contribution in [-0.4, -0.2) is 53.3 Å². The molecule has 0 radical (unpaired) electrons. The second kappa shape index (κ2) is 7.12. The van der Waals surface area contributed by atoms with E-state index in [-0.39, 0.29) is 40.3 Å². The lowest BCUT2D eigenvalue weighted by atomic mass is 9.79. The van der Waals surface area contributed by atoms with E-state index in [2.05, 4.69) is 5.32 Å². The normalized spacial score (nSPS) is 12.8. The summed E-state index contributed by atoms with van der Waals surface area (Å²) in [5.74, 6) is -2.61. The maximum atomic E-state index is 13.2. The molecule has 0 atom stereocenters. The Hall–Kier alpha value is -3.14. The number of ketones is 2. The molecule has 148 valence electrons. The van der Waals surface area contributed by atoms with E-state index in [0.29, 0.717) is 0 Å². The van der Waals surface area contributed by atoms with E-state index in [1.807, 2.05) is 0 Å². The number of ether oxygens (including phenoxy) is 2. The Morgan fingerprint density at radius 1 is 0.929 bits per heavy atom. The number of phenols is 2. The maximum Gasteiger partial charge on any atom is 0.198 e. The van der Waals surface area contributed by atoms with Crippen LogP contribution in [-0.2, 0) is 6.54 Å². The summed E-state index contributed by atoms with van der Waals surface area (Å²) in [6, 6.07) is 2.49. The number of hydrogen-bond acceptors (Lipinski definition) is 9. The van der Waals surface area contributed by atoms with Crippen molar-refractivity contribution in [3.63, 3.8) is 0 Å². The molecule has 0 heterocycles. The van der Waals surface area contributed by atoms with Gasteiger partial charge < -0.3 is 35.2 Å². The fourth-order valence-electron chi connectivity index (χ4n) is 3.39. The van der Waals surface area contributed by atoms with Crippen molar-refractivity contribution >= 4 is 11.6 Å². The van der Waals surface area contributed by atoms with Crippen molar-refractivity contribution in [3.05, 3.63) is 45.5 Å². The lowest BCUT2D eigenvalue weighted by Crippen LogP contribution is -2.25. The van der Waals surface area contributed by atoms with E-state index in [1.54, 1.807) is 7.05 Å². The molecule has 1 aliphatic carbocycles. The summed E-state index contributed by atoms with van der Waals surface area (Å²) in [5.41, 5.74) is -1.28. The number of carbonyl (C=O) groups is 2. The number of carbonyl (C=O) groups excluding carboxylic acids is 2. The summed E-state index contributed by atoms with van der Waals surface area (Å²) in [5, 5.41) is 43.2. The van der Waals surface area contributed by atoms with Crippen LogP contribution in [0.4, 0.5) is 0 Å². The highest BCUT2D eigenvalue weighted by molar-refractivity contribution is 6.30. The van der Waals surface area contributed by atoms with Gasteiger partial charge in [-0.15, -0.1) is 0 Å². The number of fused-ring (bicyclic) bond motifs is 2. The van der Waals surface area contributed by atoms with Crippen LogP contribution in [0.5, 0.6) is 23.0 Å². The van der Waals surface area contributed by atoms with Gasteiger partial charge in [-0.2, -0.15) is 0 Å². The molecule has 0 bridgehead atoms. The fourth-order valence-corrected chi connectivity index (χ4v) is 3.39. The van der Waals surface area contributed by atoms with Crippen LogP contribution in [0.15, 0.2) is 12.1 Å². The number of phenolic OH excluding ortho intramolecular Hbond substituents is 2. The van der Waals surface area contributed by atoms with Crippen LogP contribution in [0.2, 0.25) is 0 Å². The topological polar surface area (TPSA) is 146 Å². The number of aliphatic hydroxyl groups is 2. The minimum atomic E-state index is -2.25. The second-order valence-electron chi connectivity index (χ2n) is 6.15. The number of benzene rings is 2. The molecule has 0 saturated heterocycles. The predicted octanol–water partition coefficient (Wildman–Crippen LogP) is 0.593. The van der Waals surface area contributed by atoms with Crippen LogP contribution < -0.4 is 14.8 Å². The Kier molecular flexibility index (Phi) is 4.99. The Labute approximate surface area is 159 Å². The summed E-state index contributed by atoms with van der Waals surface area (Å²) >= 11 is 0. The molecule has 9 nitrogen and oxygen atoms in total. The Morgan fingerprint density at radius 3 is 2.04 bits per heavy atom. The van der Waals surface area contributed by atoms with Crippen LogP contribution in [0.3, 0.4) is 0 Å². The summed E-state index contributed by atoms with van der Waals surface area (Å²) in [7, 11) is 4.22. The number of aliphatic hydroxyl groups excluding tert-OH is 1. The van der Waals surface area contributed by atoms with Gasteiger partial charge in [-0.25, -0.2) is 0 Å². The quantitative estimate of drug-likeness (QED) is 0.396. The Morgan fingerprint density at radius 2 is 1.50 bits per heavy atom. The van der Waals surface area contributed by atoms with Gasteiger partial charge in [0.15, 0.2) is 29.4 Å². The van der Waals surface area contributed by atoms with Crippen molar-refractivity contribution in [2.75, 3.05) is 21.3 Å². The average molecular weight is 389 g/mol. The van der Waals surface area contributed by atoms with E-state index in [1.165, 1.54) is 20.3 Å². The van der Waals surface area contributed by atoms with E-state index in [4.69, 9.17) is 9.47 Å². The molecule has 28 heavy (non-hydrogen) atoms. The summed E-state index contributed by atoms with van der Waals surface area (Å²) in [4.78, 5) is 26.2. The molecule has 1 aliphatic rings. The minimum absolute atomic E-state index is 0.0992. The average Bonchev–Trinajstić information content (AvgIpc) is 2.66. The molecule has 3 rings (SSSR count). The lowest BCUT2D eigenvalue weighted by Gasteiger charge is -2.25. The lowest BCUT2D eigenvalue weighted by molar-refractivity contribution is -0.0445. The molecule has 2 aromatic rings. The molecule has 0 saturated carbocycles. The highest BCUT2D eigenvalue weighted by Gasteiger charge is 2.39. The Bertz CT molecular complexity index is 996. The van der Waals surface area contributed by atoms with Gasteiger partial charge in [0, 0.05) is 23.2 Å². The fraction of sp³-hybridized carbons (Fsp3) is 0.263. The molecule has 0 unspecified atom stereocenters. The van der Waals surface area contributed by atoms with Crippen molar-refractivity contribution in [1.29, 1.82) is 0 Å². The first-order valence-corrected chi connectivity index (χ1v) is 8.25. The first kappa shape index (κ1) is 19.6. The van der Waals surface area contributed by atoms with Crippen molar-refractivity contribution in [2.45, 2.75) is 12.8 Å². The molecule has 2 aromatic carbocycles. The molecular formula is C19H19NO8. The zero-order valence-corrected chi connectivity index (χ0v) is 15.4. The van der Waals surface area contributed by atoms with Gasteiger partial charge in [0.25, 0.3) is 0 Å². The SMILES string of the molecule is CNCc1c(OC)cc2c(c1O)C(=O)c1c(cc(OC)c(O)c1C(O)O)C2=O. The monoisotopic (exact) mass is 389 g/mol. The van der Waals surface area contributed by atoms with E-state index in [9.17, 15) is 30.0 Å². The molecule has 0 aromatic heterocycles. The first-order chi connectivity index (χ1) is 13.3. The van der Waals surface area contributed by atoms with Crippen molar-refractivity contribution in [3.8, 4) is 23.0 Å². The van der Waals surface area contributed by atoms with Crippen molar-refractivity contribution in [1.82, 2.24) is 5.32 Å². The maximum absolute atomic E-state index is 13.2. The number of nitrogens with one attached hydrogen (secondary N) is 1. The van der Waals surface area contributed by atoms with Gasteiger partial charge in [-0.3, -0.25) is 9.59 Å². The molecule has 0 spiro atoms. The summed E-state index contributed by atoms with van der Waals surface area (Å²) in [6.07, 6.45) is -2.25.